The number of furan rings is 1. The van der Waals surface area contributed by atoms with Gasteiger partial charge in [0.25, 0.3) is 0 Å². The second kappa shape index (κ2) is 3.54. The second-order valence-corrected chi connectivity index (χ2v) is 3.76. The maximum atomic E-state index is 5.72. The first kappa shape index (κ1) is 8.82. The molecule has 0 amide bonds. The Kier molecular flexibility index (Phi) is 2.40. The van der Waals surface area contributed by atoms with Gasteiger partial charge >= 0.3 is 0 Å². The molecule has 0 radical (unpaired) electrons. The smallest absolute Gasteiger partial charge is 0.121 e. The zero-order valence-corrected chi connectivity index (χ0v) is 8.34. The molecule has 0 aliphatic heterocycles. The summed E-state index contributed by atoms with van der Waals surface area (Å²) in [7, 11) is 2.01. The Morgan fingerprint density at radius 1 is 1.54 bits per heavy atom. The fraction of sp³-hybridized carbons (Fsp3) is 0.636. The molecule has 1 N–H and O–H groups in total. The van der Waals surface area contributed by atoms with Gasteiger partial charge in [-0.2, -0.15) is 0 Å². The number of hydrogen-bond acceptors (Lipinski definition) is 2. The molecule has 1 fully saturated rings. The standard InChI is InChI=1S/C11H17NO/c1-3-9-6-7-10(13-9)11(12-2)8-4-5-8/h6-8,11-12H,3-5H2,1-2H3. The van der Waals surface area contributed by atoms with E-state index >= 15 is 0 Å². The first-order valence-electron chi connectivity index (χ1n) is 5.11. The molecule has 2 rings (SSSR count). The van der Waals surface area contributed by atoms with Gasteiger partial charge in [-0.05, 0) is 37.9 Å². The van der Waals surface area contributed by atoms with Gasteiger partial charge in [-0.15, -0.1) is 0 Å². The second-order valence-electron chi connectivity index (χ2n) is 3.76. The molecule has 1 saturated carbocycles. The lowest BCUT2D eigenvalue weighted by Crippen LogP contribution is -2.17. The first-order chi connectivity index (χ1) is 6.35. The molecule has 0 bridgehead atoms. The van der Waals surface area contributed by atoms with Crippen LogP contribution in [0.5, 0.6) is 0 Å². The van der Waals surface area contributed by atoms with Crippen LogP contribution < -0.4 is 5.32 Å². The monoisotopic (exact) mass is 179 g/mol. The topological polar surface area (TPSA) is 25.2 Å². The normalized spacial score (nSPS) is 18.9. The Morgan fingerprint density at radius 2 is 2.31 bits per heavy atom. The zero-order chi connectivity index (χ0) is 9.26. The number of hydrogen-bond donors (Lipinski definition) is 1. The molecule has 0 saturated heterocycles. The SMILES string of the molecule is CCc1ccc(C(NC)C2CC2)o1. The molecule has 1 atom stereocenters. The third kappa shape index (κ3) is 1.78. The van der Waals surface area contributed by atoms with Gasteiger partial charge in [0.2, 0.25) is 0 Å². The van der Waals surface area contributed by atoms with E-state index in [0.29, 0.717) is 6.04 Å². The van der Waals surface area contributed by atoms with Crippen molar-refractivity contribution in [2.24, 2.45) is 5.92 Å². The van der Waals surface area contributed by atoms with Gasteiger partial charge in [0.05, 0.1) is 6.04 Å². The van der Waals surface area contributed by atoms with E-state index in [1.165, 1.54) is 12.8 Å². The minimum Gasteiger partial charge on any atom is -0.464 e. The first-order valence-corrected chi connectivity index (χ1v) is 5.11. The highest BCUT2D eigenvalue weighted by Gasteiger charge is 2.32. The Balaban J connectivity index is 2.12. The van der Waals surface area contributed by atoms with Crippen molar-refractivity contribution in [1.29, 1.82) is 0 Å². The zero-order valence-electron chi connectivity index (χ0n) is 8.34. The summed E-state index contributed by atoms with van der Waals surface area (Å²) in [5.74, 6) is 3.01. The highest BCUT2D eigenvalue weighted by Crippen LogP contribution is 2.41. The van der Waals surface area contributed by atoms with Crippen LogP contribution in [0.3, 0.4) is 0 Å². The summed E-state index contributed by atoms with van der Waals surface area (Å²) in [6.07, 6.45) is 3.67. The molecule has 0 spiro atoms. The highest BCUT2D eigenvalue weighted by molar-refractivity contribution is 5.13. The van der Waals surface area contributed by atoms with Gasteiger partial charge in [0.15, 0.2) is 0 Å². The maximum Gasteiger partial charge on any atom is 0.121 e. The van der Waals surface area contributed by atoms with Crippen LogP contribution in [0.1, 0.15) is 37.3 Å². The van der Waals surface area contributed by atoms with Gasteiger partial charge in [-0.1, -0.05) is 6.92 Å². The van der Waals surface area contributed by atoms with Crippen LogP contribution >= 0.6 is 0 Å². The third-order valence-corrected chi connectivity index (χ3v) is 2.74. The van der Waals surface area contributed by atoms with E-state index in [1.807, 2.05) is 7.05 Å². The van der Waals surface area contributed by atoms with Crippen LogP contribution in [-0.2, 0) is 6.42 Å². The lowest BCUT2D eigenvalue weighted by atomic mass is 10.1. The lowest BCUT2D eigenvalue weighted by molar-refractivity contribution is 0.385. The number of nitrogens with one attached hydrogen (secondary N) is 1. The van der Waals surface area contributed by atoms with E-state index in [2.05, 4.69) is 24.4 Å². The van der Waals surface area contributed by atoms with Crippen LogP contribution in [0.4, 0.5) is 0 Å². The molecule has 2 nitrogen and oxygen atoms in total. The molecule has 0 aromatic carbocycles. The quantitative estimate of drug-likeness (QED) is 0.768. The van der Waals surface area contributed by atoms with Gasteiger partial charge in [-0.3, -0.25) is 0 Å². The van der Waals surface area contributed by atoms with Gasteiger partial charge in [0, 0.05) is 6.42 Å². The molecule has 72 valence electrons. The molecule has 1 aliphatic rings. The summed E-state index contributed by atoms with van der Waals surface area (Å²) in [4.78, 5) is 0. The molecule has 13 heavy (non-hydrogen) atoms. The minimum atomic E-state index is 0.445. The van der Waals surface area contributed by atoms with Crippen LogP contribution in [0.2, 0.25) is 0 Å². The summed E-state index contributed by atoms with van der Waals surface area (Å²) < 4.78 is 5.72. The van der Waals surface area contributed by atoms with Crippen molar-refractivity contribution in [3.8, 4) is 0 Å². The van der Waals surface area contributed by atoms with E-state index in [9.17, 15) is 0 Å². The van der Waals surface area contributed by atoms with Crippen molar-refractivity contribution in [3.05, 3.63) is 23.7 Å². The summed E-state index contributed by atoms with van der Waals surface area (Å²) in [5, 5.41) is 3.32. The predicted molar refractivity (Wildman–Crippen MR) is 52.6 cm³/mol. The summed E-state index contributed by atoms with van der Waals surface area (Å²) in [6.45, 7) is 2.12. The molecule has 1 heterocycles. The van der Waals surface area contributed by atoms with E-state index in [-0.39, 0.29) is 0 Å². The predicted octanol–water partition coefficient (Wildman–Crippen LogP) is 2.51. The minimum absolute atomic E-state index is 0.445. The Hall–Kier alpha value is -0.760. The van der Waals surface area contributed by atoms with Crippen molar-refractivity contribution >= 4 is 0 Å². The number of rotatable bonds is 4. The van der Waals surface area contributed by atoms with E-state index in [1.54, 1.807) is 0 Å². The van der Waals surface area contributed by atoms with Crippen LogP contribution in [-0.4, -0.2) is 7.05 Å². The van der Waals surface area contributed by atoms with E-state index in [4.69, 9.17) is 4.42 Å². The van der Waals surface area contributed by atoms with Crippen molar-refractivity contribution < 1.29 is 4.42 Å². The van der Waals surface area contributed by atoms with Gasteiger partial charge in [-0.25, -0.2) is 0 Å². The summed E-state index contributed by atoms with van der Waals surface area (Å²) in [5.41, 5.74) is 0. The van der Waals surface area contributed by atoms with Crippen molar-refractivity contribution in [2.75, 3.05) is 7.05 Å². The molecule has 1 aliphatic carbocycles. The average molecular weight is 179 g/mol. The Bertz CT molecular complexity index is 275. The fourth-order valence-electron chi connectivity index (χ4n) is 1.79. The van der Waals surface area contributed by atoms with Gasteiger partial charge in [0.1, 0.15) is 11.5 Å². The van der Waals surface area contributed by atoms with E-state index in [0.717, 1.165) is 23.9 Å². The highest BCUT2D eigenvalue weighted by atomic mass is 16.3. The molecular weight excluding hydrogens is 162 g/mol. The largest absolute Gasteiger partial charge is 0.464 e. The van der Waals surface area contributed by atoms with Crippen LogP contribution in [0, 0.1) is 5.92 Å². The summed E-state index contributed by atoms with van der Waals surface area (Å²) in [6, 6.07) is 4.64. The average Bonchev–Trinajstić information content (AvgIpc) is 2.85. The van der Waals surface area contributed by atoms with Crippen LogP contribution in [0.25, 0.3) is 0 Å². The van der Waals surface area contributed by atoms with Crippen molar-refractivity contribution in [3.63, 3.8) is 0 Å². The Morgan fingerprint density at radius 3 is 2.77 bits per heavy atom. The van der Waals surface area contributed by atoms with E-state index < -0.39 is 0 Å². The molecule has 1 unspecified atom stereocenters. The number of aryl methyl sites for hydroxylation is 1. The van der Waals surface area contributed by atoms with Crippen LogP contribution in [0.15, 0.2) is 16.5 Å². The van der Waals surface area contributed by atoms with Crippen molar-refractivity contribution in [1.82, 2.24) is 5.32 Å². The maximum absolute atomic E-state index is 5.72. The molecular formula is C11H17NO. The molecule has 2 heteroatoms. The fourth-order valence-corrected chi connectivity index (χ4v) is 1.79. The summed E-state index contributed by atoms with van der Waals surface area (Å²) >= 11 is 0. The Labute approximate surface area is 79.3 Å². The molecule has 1 aromatic rings. The third-order valence-electron chi connectivity index (χ3n) is 2.74. The van der Waals surface area contributed by atoms with Gasteiger partial charge < -0.3 is 9.73 Å². The lowest BCUT2D eigenvalue weighted by Gasteiger charge is -2.11. The molecule has 1 aromatic heterocycles. The van der Waals surface area contributed by atoms with Crippen molar-refractivity contribution in [2.45, 2.75) is 32.2 Å².